The normalized spacial score (nSPS) is 11.7. The Morgan fingerprint density at radius 1 is 1.27 bits per heavy atom. The fourth-order valence-electron chi connectivity index (χ4n) is 0.729. The topological polar surface area (TPSA) is 12.0 Å². The molecule has 0 saturated carbocycles. The Kier molecular flexibility index (Phi) is 16.3. The van der Waals surface area contributed by atoms with Crippen molar-refractivity contribution in [1.29, 1.82) is 0 Å². The van der Waals surface area contributed by atoms with Gasteiger partial charge in [0.15, 0.2) is 0 Å². The first-order chi connectivity index (χ1) is 5.31. The molecule has 0 rings (SSSR count). The number of hydrogen-bond donors (Lipinski definition) is 2. The molecule has 0 saturated heterocycles. The van der Waals surface area contributed by atoms with Crippen LogP contribution in [-0.2, 0) is 0 Å². The van der Waals surface area contributed by atoms with E-state index in [2.05, 4.69) is 38.7 Å². The molecule has 0 fully saturated rings. The van der Waals surface area contributed by atoms with E-state index in [-0.39, 0.29) is 0 Å². The number of hydrogen-bond acceptors (Lipinski definition) is 2. The molecule has 0 amide bonds. The van der Waals surface area contributed by atoms with Crippen LogP contribution in [0.3, 0.4) is 0 Å². The van der Waals surface area contributed by atoms with Gasteiger partial charge in [0.25, 0.3) is 0 Å². The quantitative estimate of drug-likeness (QED) is 0.486. The van der Waals surface area contributed by atoms with Crippen LogP contribution < -0.4 is 5.32 Å². The molecule has 0 aliphatic heterocycles. The summed E-state index contributed by atoms with van der Waals surface area (Å²) in [7, 11) is 0. The van der Waals surface area contributed by atoms with E-state index in [0.717, 1.165) is 12.5 Å². The Balaban J connectivity index is 0. The summed E-state index contributed by atoms with van der Waals surface area (Å²) in [6, 6.07) is 0. The van der Waals surface area contributed by atoms with Gasteiger partial charge >= 0.3 is 0 Å². The first kappa shape index (κ1) is 13.9. The zero-order valence-corrected chi connectivity index (χ0v) is 9.25. The van der Waals surface area contributed by atoms with E-state index in [1.54, 1.807) is 6.26 Å². The van der Waals surface area contributed by atoms with Crippen LogP contribution in [0.15, 0.2) is 0 Å². The van der Waals surface area contributed by atoms with Crippen molar-refractivity contribution >= 4 is 12.6 Å². The first-order valence-electron chi connectivity index (χ1n) is 4.46. The van der Waals surface area contributed by atoms with Gasteiger partial charge in [0.05, 0.1) is 0 Å². The van der Waals surface area contributed by atoms with E-state index in [9.17, 15) is 0 Å². The summed E-state index contributed by atoms with van der Waals surface area (Å²) in [5, 5.41) is 3.31. The summed E-state index contributed by atoms with van der Waals surface area (Å²) in [6.07, 6.45) is 4.33. The number of rotatable bonds is 5. The van der Waals surface area contributed by atoms with E-state index in [4.69, 9.17) is 0 Å². The predicted molar refractivity (Wildman–Crippen MR) is 57.5 cm³/mol. The molecule has 0 aromatic heterocycles. The molecule has 11 heavy (non-hydrogen) atoms. The van der Waals surface area contributed by atoms with Crippen molar-refractivity contribution in [2.75, 3.05) is 19.3 Å². The Labute approximate surface area is 77.4 Å². The lowest BCUT2D eigenvalue weighted by atomic mass is 10.1. The van der Waals surface area contributed by atoms with Crippen LogP contribution in [0.25, 0.3) is 0 Å². The van der Waals surface area contributed by atoms with Gasteiger partial charge in [0, 0.05) is 0 Å². The first-order valence-corrected chi connectivity index (χ1v) is 5.36. The van der Waals surface area contributed by atoms with Crippen LogP contribution in [0.4, 0.5) is 0 Å². The van der Waals surface area contributed by atoms with Gasteiger partial charge in [-0.05, 0) is 31.7 Å². The van der Waals surface area contributed by atoms with Crippen LogP contribution in [0.5, 0.6) is 0 Å². The predicted octanol–water partition coefficient (Wildman–Crippen LogP) is 2.58. The van der Waals surface area contributed by atoms with Gasteiger partial charge in [0.1, 0.15) is 0 Å². The highest BCUT2D eigenvalue weighted by Crippen LogP contribution is 2.03. The van der Waals surface area contributed by atoms with Crippen molar-refractivity contribution in [2.45, 2.75) is 33.6 Å². The molecule has 0 aliphatic rings. The van der Waals surface area contributed by atoms with Crippen molar-refractivity contribution in [3.63, 3.8) is 0 Å². The average molecular weight is 177 g/mol. The minimum atomic E-state index is 0.893. The maximum Gasteiger partial charge on any atom is -0.00465 e. The summed E-state index contributed by atoms with van der Waals surface area (Å²) in [6.45, 7) is 8.99. The Hall–Kier alpha value is 0.310. The lowest BCUT2D eigenvalue weighted by Crippen LogP contribution is -2.16. The monoisotopic (exact) mass is 177 g/mol. The summed E-state index contributed by atoms with van der Waals surface area (Å²) in [4.78, 5) is 0. The molecule has 0 aromatic rings. The molecule has 1 atom stereocenters. The second-order valence-electron chi connectivity index (χ2n) is 2.66. The summed E-state index contributed by atoms with van der Waals surface area (Å²) < 4.78 is 0. The smallest absolute Gasteiger partial charge is 0.00465 e. The van der Waals surface area contributed by atoms with E-state index in [1.165, 1.54) is 19.4 Å². The van der Waals surface area contributed by atoms with Gasteiger partial charge in [-0.15, -0.1) is 0 Å². The SMILES string of the molecule is CCNCCC(C)CC.CS. The van der Waals surface area contributed by atoms with E-state index < -0.39 is 0 Å². The maximum absolute atomic E-state index is 3.53. The highest BCUT2D eigenvalue weighted by Gasteiger charge is 1.95. The Morgan fingerprint density at radius 3 is 2.18 bits per heavy atom. The standard InChI is InChI=1S/C8H19N.CH4S/c1-4-8(3)6-7-9-5-2;1-2/h8-9H,4-7H2,1-3H3;2H,1H3. The van der Waals surface area contributed by atoms with Crippen LogP contribution in [0.1, 0.15) is 33.6 Å². The fraction of sp³-hybridized carbons (Fsp3) is 1.00. The van der Waals surface area contributed by atoms with Crippen LogP contribution in [0.2, 0.25) is 0 Å². The largest absolute Gasteiger partial charge is 0.317 e. The van der Waals surface area contributed by atoms with Gasteiger partial charge in [0.2, 0.25) is 0 Å². The molecule has 0 aliphatic carbocycles. The second-order valence-corrected chi connectivity index (χ2v) is 2.66. The van der Waals surface area contributed by atoms with E-state index in [0.29, 0.717) is 0 Å². The van der Waals surface area contributed by atoms with Gasteiger partial charge in [-0.25, -0.2) is 0 Å². The number of thiol groups is 1. The Morgan fingerprint density at radius 2 is 1.82 bits per heavy atom. The number of nitrogens with one attached hydrogen (secondary N) is 1. The lowest BCUT2D eigenvalue weighted by Gasteiger charge is -2.06. The third-order valence-electron chi connectivity index (χ3n) is 1.76. The van der Waals surface area contributed by atoms with Crippen molar-refractivity contribution < 1.29 is 0 Å². The van der Waals surface area contributed by atoms with E-state index >= 15 is 0 Å². The summed E-state index contributed by atoms with van der Waals surface area (Å²) in [5.74, 6) is 0.893. The second kappa shape index (κ2) is 12.9. The highest BCUT2D eigenvalue weighted by molar-refractivity contribution is 7.79. The lowest BCUT2D eigenvalue weighted by molar-refractivity contribution is 0.493. The third-order valence-corrected chi connectivity index (χ3v) is 1.76. The van der Waals surface area contributed by atoms with Crippen LogP contribution in [-0.4, -0.2) is 19.3 Å². The highest BCUT2D eigenvalue weighted by atomic mass is 32.1. The third kappa shape index (κ3) is 13.3. The zero-order chi connectivity index (χ0) is 9.11. The fourth-order valence-corrected chi connectivity index (χ4v) is 0.729. The van der Waals surface area contributed by atoms with Crippen molar-refractivity contribution in [3.05, 3.63) is 0 Å². The van der Waals surface area contributed by atoms with Gasteiger partial charge in [-0.3, -0.25) is 0 Å². The minimum Gasteiger partial charge on any atom is -0.317 e. The molecular formula is C9H23NS. The van der Waals surface area contributed by atoms with Crippen LogP contribution in [0, 0.1) is 5.92 Å². The molecular weight excluding hydrogens is 154 g/mol. The van der Waals surface area contributed by atoms with Crippen molar-refractivity contribution in [1.82, 2.24) is 5.32 Å². The molecule has 0 bridgehead atoms. The average Bonchev–Trinajstić information content (AvgIpc) is 2.08. The summed E-state index contributed by atoms with van der Waals surface area (Å²) >= 11 is 3.53. The summed E-state index contributed by atoms with van der Waals surface area (Å²) in [5.41, 5.74) is 0. The van der Waals surface area contributed by atoms with Crippen molar-refractivity contribution in [3.8, 4) is 0 Å². The van der Waals surface area contributed by atoms with Gasteiger partial charge in [-0.2, -0.15) is 12.6 Å². The van der Waals surface area contributed by atoms with Crippen molar-refractivity contribution in [2.24, 2.45) is 5.92 Å². The molecule has 70 valence electrons. The maximum atomic E-state index is 3.53. The molecule has 1 nitrogen and oxygen atoms in total. The van der Waals surface area contributed by atoms with Crippen LogP contribution >= 0.6 is 12.6 Å². The molecule has 0 heterocycles. The molecule has 1 unspecified atom stereocenters. The molecule has 2 heteroatoms. The molecule has 0 aromatic carbocycles. The van der Waals surface area contributed by atoms with Gasteiger partial charge < -0.3 is 5.32 Å². The van der Waals surface area contributed by atoms with E-state index in [1.807, 2.05) is 0 Å². The zero-order valence-electron chi connectivity index (χ0n) is 8.35. The minimum absolute atomic E-state index is 0.893. The van der Waals surface area contributed by atoms with Gasteiger partial charge in [-0.1, -0.05) is 27.2 Å². The molecule has 0 spiro atoms. The molecule has 0 radical (unpaired) electrons. The molecule has 1 N–H and O–H groups in total. The Bertz CT molecular complexity index is 57.5.